The lowest BCUT2D eigenvalue weighted by Crippen LogP contribution is -2.27. The number of aliphatic hydroxyl groups is 1. The summed E-state index contributed by atoms with van der Waals surface area (Å²) < 4.78 is 6.88. The van der Waals surface area contributed by atoms with Crippen molar-refractivity contribution in [2.45, 2.75) is 19.7 Å². The van der Waals surface area contributed by atoms with Gasteiger partial charge in [-0.3, -0.25) is 4.79 Å². The molecule has 21 heavy (non-hydrogen) atoms. The van der Waals surface area contributed by atoms with E-state index >= 15 is 0 Å². The number of nitrogens with zero attached hydrogens (tertiary/aromatic N) is 2. The van der Waals surface area contributed by atoms with Gasteiger partial charge in [-0.25, -0.2) is 4.98 Å². The van der Waals surface area contributed by atoms with Gasteiger partial charge in [0.2, 0.25) is 5.91 Å². The topological polar surface area (TPSA) is 80.3 Å². The Kier molecular flexibility index (Phi) is 3.70. The third kappa shape index (κ3) is 2.80. The Morgan fingerprint density at radius 3 is 2.90 bits per heavy atom. The van der Waals surface area contributed by atoms with E-state index in [2.05, 4.69) is 10.3 Å². The maximum atomic E-state index is 12.0. The third-order valence-electron chi connectivity index (χ3n) is 3.22. The van der Waals surface area contributed by atoms with Gasteiger partial charge in [0.05, 0.1) is 23.8 Å². The number of carbonyl (C=O) groups is 1. The number of imidazole rings is 1. The van der Waals surface area contributed by atoms with Crippen LogP contribution in [0.1, 0.15) is 11.6 Å². The number of aromatic nitrogens is 2. The first-order chi connectivity index (χ1) is 10.3. The molecular weight excluding hydrogens is 270 g/mol. The van der Waals surface area contributed by atoms with Crippen LogP contribution in [0.25, 0.3) is 11.0 Å². The monoisotopic (exact) mass is 285 g/mol. The predicted octanol–water partition coefficient (Wildman–Crippen LogP) is 1.44. The smallest absolute Gasteiger partial charge is 0.240 e. The van der Waals surface area contributed by atoms with Crippen molar-refractivity contribution in [2.75, 3.05) is 0 Å². The van der Waals surface area contributed by atoms with E-state index < -0.39 is 0 Å². The van der Waals surface area contributed by atoms with Gasteiger partial charge in [0, 0.05) is 0 Å². The van der Waals surface area contributed by atoms with Crippen LogP contribution in [-0.4, -0.2) is 20.6 Å². The summed E-state index contributed by atoms with van der Waals surface area (Å²) in [6.45, 7) is 0.240. The van der Waals surface area contributed by atoms with Crippen LogP contribution in [0.15, 0.2) is 47.1 Å². The highest BCUT2D eigenvalue weighted by molar-refractivity contribution is 5.81. The highest BCUT2D eigenvalue weighted by Crippen LogP contribution is 2.15. The van der Waals surface area contributed by atoms with Gasteiger partial charge < -0.3 is 19.4 Å². The molecule has 2 aromatic heterocycles. The van der Waals surface area contributed by atoms with E-state index in [9.17, 15) is 9.90 Å². The van der Waals surface area contributed by atoms with Crippen LogP contribution >= 0.6 is 0 Å². The normalized spacial score (nSPS) is 10.9. The van der Waals surface area contributed by atoms with Gasteiger partial charge in [-0.1, -0.05) is 12.1 Å². The lowest BCUT2D eigenvalue weighted by molar-refractivity contribution is -0.121. The molecule has 2 heterocycles. The van der Waals surface area contributed by atoms with Crippen LogP contribution in [0.4, 0.5) is 0 Å². The summed E-state index contributed by atoms with van der Waals surface area (Å²) in [4.78, 5) is 16.3. The van der Waals surface area contributed by atoms with Crippen LogP contribution in [0, 0.1) is 0 Å². The van der Waals surface area contributed by atoms with Crippen LogP contribution < -0.4 is 5.32 Å². The van der Waals surface area contributed by atoms with Gasteiger partial charge in [0.15, 0.2) is 0 Å². The second kappa shape index (κ2) is 5.80. The molecule has 1 aromatic carbocycles. The van der Waals surface area contributed by atoms with Crippen LogP contribution in [-0.2, 0) is 24.5 Å². The molecule has 3 rings (SSSR count). The zero-order chi connectivity index (χ0) is 14.7. The largest absolute Gasteiger partial charge is 0.467 e. The Hall–Kier alpha value is -2.60. The van der Waals surface area contributed by atoms with Crippen molar-refractivity contribution in [3.8, 4) is 0 Å². The number of hydrogen-bond donors (Lipinski definition) is 2. The predicted molar refractivity (Wildman–Crippen MR) is 76.2 cm³/mol. The summed E-state index contributed by atoms with van der Waals surface area (Å²) in [6.07, 6.45) is 1.56. The van der Waals surface area contributed by atoms with Crippen molar-refractivity contribution >= 4 is 16.9 Å². The fraction of sp³-hybridized carbons (Fsp3) is 0.200. The number of amides is 1. The van der Waals surface area contributed by atoms with Gasteiger partial charge in [0.1, 0.15) is 24.7 Å². The molecule has 6 nitrogen and oxygen atoms in total. The SMILES string of the molecule is O=C(Cn1c(CO)nc2ccccc21)NCc1ccco1. The molecule has 3 aromatic rings. The van der Waals surface area contributed by atoms with Crippen molar-refractivity contribution in [3.63, 3.8) is 0 Å². The molecule has 0 saturated carbocycles. The summed E-state index contributed by atoms with van der Waals surface area (Å²) >= 11 is 0. The first-order valence-corrected chi connectivity index (χ1v) is 6.62. The van der Waals surface area contributed by atoms with Crippen molar-refractivity contribution in [2.24, 2.45) is 0 Å². The maximum absolute atomic E-state index is 12.0. The molecule has 0 aliphatic rings. The number of nitrogens with one attached hydrogen (secondary N) is 1. The molecule has 1 amide bonds. The number of carbonyl (C=O) groups excluding carboxylic acids is 1. The lowest BCUT2D eigenvalue weighted by atomic mass is 10.3. The lowest BCUT2D eigenvalue weighted by Gasteiger charge is -2.08. The van der Waals surface area contributed by atoms with E-state index in [4.69, 9.17) is 4.42 Å². The second-order valence-electron chi connectivity index (χ2n) is 4.62. The van der Waals surface area contributed by atoms with Gasteiger partial charge >= 0.3 is 0 Å². The second-order valence-corrected chi connectivity index (χ2v) is 4.62. The van der Waals surface area contributed by atoms with Gasteiger partial charge in [-0.15, -0.1) is 0 Å². The standard InChI is InChI=1S/C15H15N3O3/c19-10-14-17-12-5-1-2-6-13(12)18(14)9-15(20)16-8-11-4-3-7-21-11/h1-7,19H,8-10H2,(H,16,20). The van der Waals surface area contributed by atoms with Crippen molar-refractivity contribution < 1.29 is 14.3 Å². The Labute approximate surface area is 121 Å². The van der Waals surface area contributed by atoms with E-state index in [1.165, 1.54) is 0 Å². The molecule has 0 atom stereocenters. The highest BCUT2D eigenvalue weighted by Gasteiger charge is 2.12. The van der Waals surface area contributed by atoms with E-state index in [0.717, 1.165) is 11.0 Å². The first kappa shape index (κ1) is 13.4. The molecule has 0 saturated heterocycles. The van der Waals surface area contributed by atoms with E-state index in [-0.39, 0.29) is 19.1 Å². The third-order valence-corrected chi connectivity index (χ3v) is 3.22. The number of hydrogen-bond acceptors (Lipinski definition) is 4. The van der Waals surface area contributed by atoms with E-state index in [1.54, 1.807) is 23.0 Å². The summed E-state index contributed by atoms with van der Waals surface area (Å²) in [5.41, 5.74) is 1.59. The fourth-order valence-corrected chi connectivity index (χ4v) is 2.22. The minimum Gasteiger partial charge on any atom is -0.467 e. The molecule has 0 bridgehead atoms. The van der Waals surface area contributed by atoms with Crippen LogP contribution in [0.3, 0.4) is 0 Å². The van der Waals surface area contributed by atoms with E-state index in [0.29, 0.717) is 18.1 Å². The average Bonchev–Trinajstić information content (AvgIpc) is 3.13. The first-order valence-electron chi connectivity index (χ1n) is 6.62. The Bertz CT molecular complexity index is 747. The van der Waals surface area contributed by atoms with Crippen LogP contribution in [0.2, 0.25) is 0 Å². The zero-order valence-electron chi connectivity index (χ0n) is 11.3. The summed E-state index contributed by atoms with van der Waals surface area (Å²) in [6, 6.07) is 11.0. The number of para-hydroxylation sites is 2. The average molecular weight is 285 g/mol. The summed E-state index contributed by atoms with van der Waals surface area (Å²) in [5, 5.41) is 12.2. The van der Waals surface area contributed by atoms with E-state index in [1.807, 2.05) is 24.3 Å². The molecule has 0 fully saturated rings. The molecule has 108 valence electrons. The fourth-order valence-electron chi connectivity index (χ4n) is 2.22. The van der Waals surface area contributed by atoms with Gasteiger partial charge in [-0.05, 0) is 24.3 Å². The zero-order valence-corrected chi connectivity index (χ0v) is 11.3. The molecule has 0 spiro atoms. The molecule has 0 radical (unpaired) electrons. The quantitative estimate of drug-likeness (QED) is 0.743. The summed E-state index contributed by atoms with van der Waals surface area (Å²) in [5.74, 6) is 1.01. The molecule has 0 aliphatic carbocycles. The molecule has 6 heteroatoms. The minimum absolute atomic E-state index is 0.108. The highest BCUT2D eigenvalue weighted by atomic mass is 16.3. The van der Waals surface area contributed by atoms with Gasteiger partial charge in [-0.2, -0.15) is 0 Å². The van der Waals surface area contributed by atoms with Crippen molar-refractivity contribution in [3.05, 3.63) is 54.2 Å². The number of rotatable bonds is 5. The Morgan fingerprint density at radius 1 is 1.29 bits per heavy atom. The van der Waals surface area contributed by atoms with Crippen LogP contribution in [0.5, 0.6) is 0 Å². The number of fused-ring (bicyclic) bond motifs is 1. The molecule has 0 aliphatic heterocycles. The molecule has 0 unspecified atom stereocenters. The van der Waals surface area contributed by atoms with Crippen molar-refractivity contribution in [1.82, 2.24) is 14.9 Å². The number of aliphatic hydroxyl groups excluding tert-OH is 1. The Morgan fingerprint density at radius 2 is 2.14 bits per heavy atom. The Balaban J connectivity index is 1.76. The van der Waals surface area contributed by atoms with Gasteiger partial charge in [0.25, 0.3) is 0 Å². The minimum atomic E-state index is -0.208. The number of benzene rings is 1. The molecular formula is C15H15N3O3. The van der Waals surface area contributed by atoms with Crippen molar-refractivity contribution in [1.29, 1.82) is 0 Å². The number of furan rings is 1. The maximum Gasteiger partial charge on any atom is 0.240 e. The summed E-state index contributed by atoms with van der Waals surface area (Å²) in [7, 11) is 0. The molecule has 2 N–H and O–H groups in total.